The molecule has 0 bridgehead atoms. The van der Waals surface area contributed by atoms with Gasteiger partial charge in [-0.25, -0.2) is 0 Å². The van der Waals surface area contributed by atoms with Crippen LogP contribution < -0.4 is 0 Å². The normalized spacial score (nSPS) is 11.7. The van der Waals surface area contributed by atoms with Crippen LogP contribution in [0.2, 0.25) is 0 Å². The third-order valence-corrected chi connectivity index (χ3v) is 1.61. The molecule has 1 aromatic carbocycles. The van der Waals surface area contributed by atoms with Gasteiger partial charge in [-0.1, -0.05) is 18.2 Å². The first-order valence-corrected chi connectivity index (χ1v) is 5.01. The summed E-state index contributed by atoms with van der Waals surface area (Å²) in [5, 5.41) is 18.2. The van der Waals surface area contributed by atoms with Crippen LogP contribution in [0.25, 0.3) is 10.9 Å². The highest BCUT2D eigenvalue weighted by Gasteiger charge is 1.96. The molecule has 1 atom stereocenters. The van der Waals surface area contributed by atoms with E-state index in [4.69, 9.17) is 5.11 Å². The van der Waals surface area contributed by atoms with Crippen LogP contribution in [0, 0.1) is 0 Å². The number of aliphatic hydroxyl groups excluding tert-OH is 1. The Labute approximate surface area is 93.8 Å². The molecule has 4 heteroatoms. The highest BCUT2D eigenvalue weighted by atomic mass is 32.1. The zero-order chi connectivity index (χ0) is 11.3. The number of aliphatic hydroxyl groups is 1. The lowest BCUT2D eigenvalue weighted by Crippen LogP contribution is -1.79. The summed E-state index contributed by atoms with van der Waals surface area (Å²) in [5.74, 6) is 0.239. The molecule has 0 aliphatic heterocycles. The molecule has 1 heterocycles. The lowest BCUT2D eigenvalue weighted by atomic mass is 10.2. The highest BCUT2D eigenvalue weighted by Crippen LogP contribution is 2.20. The summed E-state index contributed by atoms with van der Waals surface area (Å²) in [4.78, 5) is 4.03. The molecule has 80 valence electrons. The molecule has 2 N–H and O–H groups in total. The number of rotatable bonds is 0. The second-order valence-corrected chi connectivity index (χ2v) is 3.73. The van der Waals surface area contributed by atoms with Gasteiger partial charge in [-0.05, 0) is 19.1 Å². The number of aromatic hydroxyl groups is 1. The van der Waals surface area contributed by atoms with E-state index in [1.54, 1.807) is 25.3 Å². The van der Waals surface area contributed by atoms with E-state index < -0.39 is 5.44 Å². The van der Waals surface area contributed by atoms with Gasteiger partial charge in [0.1, 0.15) is 11.3 Å². The Hall–Kier alpha value is -1.26. The predicted molar refractivity (Wildman–Crippen MR) is 64.1 cm³/mol. The molecule has 0 spiro atoms. The van der Waals surface area contributed by atoms with E-state index in [2.05, 4.69) is 17.6 Å². The average Bonchev–Trinajstić information content (AvgIpc) is 2.18. The quantitative estimate of drug-likeness (QED) is 0.474. The van der Waals surface area contributed by atoms with E-state index >= 15 is 0 Å². The second-order valence-electron chi connectivity index (χ2n) is 2.98. The zero-order valence-corrected chi connectivity index (χ0v) is 9.22. The molecule has 2 aromatic rings. The minimum absolute atomic E-state index is 0.239. The Balaban J connectivity index is 0.000000245. The van der Waals surface area contributed by atoms with E-state index in [9.17, 15) is 5.11 Å². The van der Waals surface area contributed by atoms with Gasteiger partial charge in [-0.3, -0.25) is 4.98 Å². The fraction of sp³-hybridized carbons (Fsp3) is 0.182. The molecule has 0 aliphatic rings. The molecule has 0 radical (unpaired) electrons. The molecule has 1 aromatic heterocycles. The van der Waals surface area contributed by atoms with Crippen molar-refractivity contribution in [3.63, 3.8) is 0 Å². The maximum absolute atomic E-state index is 9.31. The van der Waals surface area contributed by atoms with Crippen molar-refractivity contribution in [2.75, 3.05) is 0 Å². The van der Waals surface area contributed by atoms with Gasteiger partial charge in [-0.2, -0.15) is 0 Å². The number of benzene rings is 1. The van der Waals surface area contributed by atoms with E-state index in [0.717, 1.165) is 5.39 Å². The SMILES string of the molecule is CC(O)S.Oc1cccc2cccnc12. The summed E-state index contributed by atoms with van der Waals surface area (Å²) < 4.78 is 0. The van der Waals surface area contributed by atoms with Crippen molar-refractivity contribution >= 4 is 23.5 Å². The van der Waals surface area contributed by atoms with Gasteiger partial charge in [0, 0.05) is 11.6 Å². The molecular formula is C11H13NO2S. The van der Waals surface area contributed by atoms with Gasteiger partial charge in [0.15, 0.2) is 0 Å². The molecule has 3 nitrogen and oxygen atoms in total. The molecule has 0 saturated heterocycles. The van der Waals surface area contributed by atoms with Gasteiger partial charge in [0.2, 0.25) is 0 Å². The zero-order valence-electron chi connectivity index (χ0n) is 8.33. The summed E-state index contributed by atoms with van der Waals surface area (Å²) in [6.07, 6.45) is 1.67. The number of aromatic nitrogens is 1. The van der Waals surface area contributed by atoms with Gasteiger partial charge in [-0.15, -0.1) is 12.6 Å². The third-order valence-electron chi connectivity index (χ3n) is 1.61. The number of hydrogen-bond acceptors (Lipinski definition) is 4. The monoisotopic (exact) mass is 223 g/mol. The summed E-state index contributed by atoms with van der Waals surface area (Å²) >= 11 is 3.52. The van der Waals surface area contributed by atoms with Crippen molar-refractivity contribution in [3.8, 4) is 5.75 Å². The van der Waals surface area contributed by atoms with Crippen LogP contribution in [0.1, 0.15) is 6.92 Å². The van der Waals surface area contributed by atoms with Crippen LogP contribution in [0.5, 0.6) is 5.75 Å². The largest absolute Gasteiger partial charge is 0.506 e. The summed E-state index contributed by atoms with van der Waals surface area (Å²) in [5.41, 5.74) is 0.190. The first kappa shape index (κ1) is 11.8. The number of hydrogen-bond donors (Lipinski definition) is 3. The van der Waals surface area contributed by atoms with Crippen molar-refractivity contribution < 1.29 is 10.2 Å². The average molecular weight is 223 g/mol. The minimum atomic E-state index is -0.472. The summed E-state index contributed by atoms with van der Waals surface area (Å²) in [6.45, 7) is 1.59. The van der Waals surface area contributed by atoms with Gasteiger partial charge < -0.3 is 10.2 Å². The molecule has 0 saturated carbocycles. The Bertz CT molecular complexity index is 424. The summed E-state index contributed by atoms with van der Waals surface area (Å²) in [7, 11) is 0. The number of phenolic OH excluding ortho intramolecular Hbond substituents is 1. The molecule has 1 unspecified atom stereocenters. The van der Waals surface area contributed by atoms with Crippen LogP contribution >= 0.6 is 12.6 Å². The van der Waals surface area contributed by atoms with E-state index in [1.807, 2.05) is 18.2 Å². The fourth-order valence-corrected chi connectivity index (χ4v) is 1.09. The highest BCUT2D eigenvalue weighted by molar-refractivity contribution is 7.80. The lowest BCUT2D eigenvalue weighted by Gasteiger charge is -1.96. The van der Waals surface area contributed by atoms with Crippen LogP contribution in [0.4, 0.5) is 0 Å². The number of pyridine rings is 1. The molecular weight excluding hydrogens is 210 g/mol. The van der Waals surface area contributed by atoms with Crippen LogP contribution in [-0.2, 0) is 0 Å². The van der Waals surface area contributed by atoms with Crippen molar-refractivity contribution in [1.29, 1.82) is 0 Å². The second kappa shape index (κ2) is 5.58. The number of fused-ring (bicyclic) bond motifs is 1. The third kappa shape index (κ3) is 3.77. The fourth-order valence-electron chi connectivity index (χ4n) is 1.09. The number of para-hydroxylation sites is 1. The minimum Gasteiger partial charge on any atom is -0.506 e. The Morgan fingerprint density at radius 2 is 1.87 bits per heavy atom. The Kier molecular flexibility index (Phi) is 4.39. The van der Waals surface area contributed by atoms with Gasteiger partial charge in [0.05, 0.1) is 5.44 Å². The maximum Gasteiger partial charge on any atom is 0.141 e. The van der Waals surface area contributed by atoms with Crippen molar-refractivity contribution in [1.82, 2.24) is 4.98 Å². The predicted octanol–water partition coefficient (Wildman–Crippen LogP) is 2.19. The van der Waals surface area contributed by atoms with Gasteiger partial charge in [0.25, 0.3) is 0 Å². The van der Waals surface area contributed by atoms with Crippen molar-refractivity contribution in [3.05, 3.63) is 36.5 Å². The molecule has 0 amide bonds. The Morgan fingerprint density at radius 3 is 2.47 bits per heavy atom. The maximum atomic E-state index is 9.31. The van der Waals surface area contributed by atoms with E-state index in [0.29, 0.717) is 5.52 Å². The van der Waals surface area contributed by atoms with Crippen LogP contribution in [0.15, 0.2) is 36.5 Å². The van der Waals surface area contributed by atoms with Crippen LogP contribution in [-0.4, -0.2) is 20.6 Å². The van der Waals surface area contributed by atoms with Gasteiger partial charge >= 0.3 is 0 Å². The molecule has 15 heavy (non-hydrogen) atoms. The Morgan fingerprint density at radius 1 is 1.27 bits per heavy atom. The summed E-state index contributed by atoms with van der Waals surface area (Å²) in [6, 6.07) is 9.13. The first-order chi connectivity index (χ1) is 7.11. The number of thiol groups is 1. The smallest absolute Gasteiger partial charge is 0.141 e. The van der Waals surface area contributed by atoms with Crippen molar-refractivity contribution in [2.24, 2.45) is 0 Å². The number of nitrogens with zero attached hydrogens (tertiary/aromatic N) is 1. The van der Waals surface area contributed by atoms with Crippen LogP contribution in [0.3, 0.4) is 0 Å². The van der Waals surface area contributed by atoms with E-state index in [1.165, 1.54) is 0 Å². The molecule has 0 aliphatic carbocycles. The number of phenols is 1. The standard InChI is InChI=1S/C9H7NO.C2H6OS/c11-8-5-1-3-7-4-2-6-10-9(7)8;1-2(3)4/h1-6,11H;2-4H,1H3. The van der Waals surface area contributed by atoms with Crippen molar-refractivity contribution in [2.45, 2.75) is 12.4 Å². The lowest BCUT2D eigenvalue weighted by molar-refractivity contribution is 0.286. The molecule has 2 rings (SSSR count). The van der Waals surface area contributed by atoms with E-state index in [-0.39, 0.29) is 5.75 Å². The molecule has 0 fully saturated rings. The first-order valence-electron chi connectivity index (χ1n) is 4.50. The topological polar surface area (TPSA) is 53.4 Å².